The van der Waals surface area contributed by atoms with Crippen molar-refractivity contribution in [2.45, 2.75) is 38.5 Å². The number of carbonyl (C=O) groups excluding carboxylic acids is 1. The average molecular weight is 273 g/mol. The van der Waals surface area contributed by atoms with Crippen LogP contribution in [-0.2, 0) is 4.79 Å². The molecule has 2 aliphatic carbocycles. The Kier molecular flexibility index (Phi) is 4.91. The zero-order valence-electron chi connectivity index (χ0n) is 11.0. The molecule has 3 aliphatic rings. The maximum absolute atomic E-state index is 12.1. The molecule has 3 atom stereocenters. The van der Waals surface area contributed by atoms with Gasteiger partial charge in [-0.25, -0.2) is 0 Å². The van der Waals surface area contributed by atoms with Gasteiger partial charge in [-0.15, -0.1) is 12.4 Å². The monoisotopic (exact) mass is 272 g/mol. The molecule has 0 aromatic rings. The molecule has 3 nitrogen and oxygen atoms in total. The normalized spacial score (nSPS) is 38.2. The Morgan fingerprint density at radius 3 is 2.44 bits per heavy atom. The predicted octanol–water partition coefficient (Wildman–Crippen LogP) is 1.96. The molecule has 1 amide bonds. The number of amides is 1. The summed E-state index contributed by atoms with van der Waals surface area (Å²) in [6.07, 6.45) is 7.82. The Morgan fingerprint density at radius 2 is 1.83 bits per heavy atom. The van der Waals surface area contributed by atoms with Crippen molar-refractivity contribution < 1.29 is 4.79 Å². The zero-order chi connectivity index (χ0) is 11.7. The molecule has 4 heteroatoms. The van der Waals surface area contributed by atoms with Crippen LogP contribution in [0.5, 0.6) is 0 Å². The fourth-order valence-electron chi connectivity index (χ4n) is 3.84. The fraction of sp³-hybridized carbons (Fsp3) is 0.929. The first kappa shape index (κ1) is 14.1. The second-order valence-corrected chi connectivity index (χ2v) is 6.10. The van der Waals surface area contributed by atoms with Crippen molar-refractivity contribution in [2.24, 2.45) is 23.7 Å². The maximum atomic E-state index is 12.1. The Labute approximate surface area is 116 Å². The molecule has 0 spiro atoms. The van der Waals surface area contributed by atoms with Crippen molar-refractivity contribution >= 4 is 18.3 Å². The number of nitrogens with one attached hydrogen (secondary N) is 2. The van der Waals surface area contributed by atoms with E-state index < -0.39 is 0 Å². The molecule has 1 saturated heterocycles. The Balaban J connectivity index is 0.00000120. The van der Waals surface area contributed by atoms with Crippen molar-refractivity contribution in [3.05, 3.63) is 0 Å². The van der Waals surface area contributed by atoms with Gasteiger partial charge in [0, 0.05) is 12.5 Å². The first-order chi connectivity index (χ1) is 8.36. The highest BCUT2D eigenvalue weighted by Gasteiger charge is 2.54. The molecule has 0 bridgehead atoms. The zero-order valence-corrected chi connectivity index (χ0v) is 11.8. The molecule has 0 radical (unpaired) electrons. The van der Waals surface area contributed by atoms with Crippen molar-refractivity contribution in [2.75, 3.05) is 19.6 Å². The summed E-state index contributed by atoms with van der Waals surface area (Å²) in [5, 5.41) is 6.59. The lowest BCUT2D eigenvalue weighted by Gasteiger charge is -2.22. The van der Waals surface area contributed by atoms with Gasteiger partial charge >= 0.3 is 0 Å². The van der Waals surface area contributed by atoms with E-state index in [1.165, 1.54) is 38.5 Å². The van der Waals surface area contributed by atoms with Crippen molar-refractivity contribution in [3.8, 4) is 0 Å². The van der Waals surface area contributed by atoms with Gasteiger partial charge in [0.25, 0.3) is 0 Å². The van der Waals surface area contributed by atoms with Gasteiger partial charge in [-0.2, -0.15) is 0 Å². The molecule has 1 aliphatic heterocycles. The fourth-order valence-corrected chi connectivity index (χ4v) is 3.84. The highest BCUT2D eigenvalue weighted by molar-refractivity contribution is 5.85. The number of fused-ring (bicyclic) bond motifs is 1. The van der Waals surface area contributed by atoms with E-state index in [1.807, 2.05) is 0 Å². The highest BCUT2D eigenvalue weighted by atomic mass is 35.5. The maximum Gasteiger partial charge on any atom is 0.223 e. The van der Waals surface area contributed by atoms with Gasteiger partial charge in [0.2, 0.25) is 5.91 Å². The summed E-state index contributed by atoms with van der Waals surface area (Å²) in [5.41, 5.74) is 0. The van der Waals surface area contributed by atoms with Crippen LogP contribution >= 0.6 is 12.4 Å². The van der Waals surface area contributed by atoms with Crippen LogP contribution in [-0.4, -0.2) is 25.5 Å². The van der Waals surface area contributed by atoms with E-state index in [4.69, 9.17) is 0 Å². The minimum absolute atomic E-state index is 0. The van der Waals surface area contributed by atoms with Gasteiger partial charge in [0.1, 0.15) is 0 Å². The van der Waals surface area contributed by atoms with Crippen LogP contribution in [0.4, 0.5) is 0 Å². The SMILES string of the molecule is Cl.O=C(NCC1CCCNC1)C1C2CCCCC21. The lowest BCUT2D eigenvalue weighted by atomic mass is 10.00. The summed E-state index contributed by atoms with van der Waals surface area (Å²) in [5.74, 6) is 2.89. The summed E-state index contributed by atoms with van der Waals surface area (Å²) in [6, 6.07) is 0. The standard InChI is InChI=1S/C14H24N2O.ClH/c17-14(13-11-5-1-2-6-12(11)13)16-9-10-4-3-7-15-8-10;/h10-13,15H,1-9H2,(H,16,17);1H. The van der Waals surface area contributed by atoms with Crippen LogP contribution in [0, 0.1) is 23.7 Å². The van der Waals surface area contributed by atoms with Crippen molar-refractivity contribution in [1.29, 1.82) is 0 Å². The third-order valence-corrected chi connectivity index (χ3v) is 4.92. The summed E-state index contributed by atoms with van der Waals surface area (Å²) < 4.78 is 0. The van der Waals surface area contributed by atoms with Crippen LogP contribution in [0.25, 0.3) is 0 Å². The van der Waals surface area contributed by atoms with Crippen molar-refractivity contribution in [3.63, 3.8) is 0 Å². The molecule has 3 unspecified atom stereocenters. The molecular weight excluding hydrogens is 248 g/mol. The molecule has 0 aromatic heterocycles. The summed E-state index contributed by atoms with van der Waals surface area (Å²) in [7, 11) is 0. The second kappa shape index (κ2) is 6.25. The Hall–Kier alpha value is -0.280. The lowest BCUT2D eigenvalue weighted by Crippen LogP contribution is -2.38. The van der Waals surface area contributed by atoms with E-state index >= 15 is 0 Å². The van der Waals surface area contributed by atoms with Gasteiger partial charge in [0.05, 0.1) is 0 Å². The molecular formula is C14H25ClN2O. The van der Waals surface area contributed by atoms with Crippen LogP contribution < -0.4 is 10.6 Å². The summed E-state index contributed by atoms with van der Waals surface area (Å²) in [4.78, 5) is 12.1. The van der Waals surface area contributed by atoms with E-state index in [1.54, 1.807) is 0 Å². The molecule has 18 heavy (non-hydrogen) atoms. The van der Waals surface area contributed by atoms with Crippen LogP contribution in [0.15, 0.2) is 0 Å². The third-order valence-electron chi connectivity index (χ3n) is 4.92. The van der Waals surface area contributed by atoms with Gasteiger partial charge in [0.15, 0.2) is 0 Å². The van der Waals surface area contributed by atoms with Gasteiger partial charge in [-0.05, 0) is 56.5 Å². The first-order valence-corrected chi connectivity index (χ1v) is 7.34. The second-order valence-electron chi connectivity index (χ2n) is 6.10. The number of halogens is 1. The van der Waals surface area contributed by atoms with Gasteiger partial charge < -0.3 is 10.6 Å². The first-order valence-electron chi connectivity index (χ1n) is 7.34. The Bertz CT molecular complexity index is 280. The summed E-state index contributed by atoms with van der Waals surface area (Å²) >= 11 is 0. The van der Waals surface area contributed by atoms with E-state index in [0.29, 0.717) is 17.7 Å². The average Bonchev–Trinajstić information content (AvgIpc) is 3.11. The smallest absolute Gasteiger partial charge is 0.223 e. The minimum atomic E-state index is 0. The molecule has 2 N–H and O–H groups in total. The molecule has 2 saturated carbocycles. The van der Waals surface area contributed by atoms with Crippen LogP contribution in [0.3, 0.4) is 0 Å². The van der Waals surface area contributed by atoms with Crippen LogP contribution in [0.1, 0.15) is 38.5 Å². The largest absolute Gasteiger partial charge is 0.356 e. The molecule has 1 heterocycles. The topological polar surface area (TPSA) is 41.1 Å². The van der Waals surface area contributed by atoms with Gasteiger partial charge in [-0.3, -0.25) is 4.79 Å². The molecule has 3 fully saturated rings. The number of rotatable bonds is 3. The molecule has 3 rings (SSSR count). The number of hydrogen-bond acceptors (Lipinski definition) is 2. The molecule has 104 valence electrons. The van der Waals surface area contributed by atoms with Crippen molar-refractivity contribution in [1.82, 2.24) is 10.6 Å². The van der Waals surface area contributed by atoms with E-state index in [0.717, 1.165) is 31.5 Å². The predicted molar refractivity (Wildman–Crippen MR) is 74.8 cm³/mol. The summed E-state index contributed by atoms with van der Waals surface area (Å²) in [6.45, 7) is 3.12. The minimum Gasteiger partial charge on any atom is -0.356 e. The van der Waals surface area contributed by atoms with E-state index in [9.17, 15) is 4.79 Å². The third kappa shape index (κ3) is 3.00. The van der Waals surface area contributed by atoms with E-state index in [-0.39, 0.29) is 12.4 Å². The number of carbonyl (C=O) groups is 1. The Morgan fingerprint density at radius 1 is 1.11 bits per heavy atom. The lowest BCUT2D eigenvalue weighted by molar-refractivity contribution is -0.123. The van der Waals surface area contributed by atoms with Gasteiger partial charge in [-0.1, -0.05) is 12.8 Å². The highest BCUT2D eigenvalue weighted by Crippen LogP contribution is 2.55. The molecule has 0 aromatic carbocycles. The van der Waals surface area contributed by atoms with Crippen LogP contribution in [0.2, 0.25) is 0 Å². The number of piperidine rings is 1. The quantitative estimate of drug-likeness (QED) is 0.825. The van der Waals surface area contributed by atoms with E-state index in [2.05, 4.69) is 10.6 Å². The number of hydrogen-bond donors (Lipinski definition) is 2.